The molecule has 0 radical (unpaired) electrons. The number of nitrogens with zero attached hydrogens (tertiary/aromatic N) is 1. The van der Waals surface area contributed by atoms with E-state index in [1.54, 1.807) is 0 Å². The van der Waals surface area contributed by atoms with Crippen LogP contribution >= 0.6 is 0 Å². The normalized spacial score (nSPS) is 15.8. The van der Waals surface area contributed by atoms with Crippen LogP contribution in [0.2, 0.25) is 0 Å². The van der Waals surface area contributed by atoms with Crippen molar-refractivity contribution < 1.29 is 15.0 Å². The minimum atomic E-state index is -0.999. The molecule has 1 unspecified atom stereocenters. The highest BCUT2D eigenvalue weighted by Gasteiger charge is 2.25. The van der Waals surface area contributed by atoms with Gasteiger partial charge in [0.15, 0.2) is 5.69 Å². The first-order chi connectivity index (χ1) is 15.6. The second kappa shape index (κ2) is 7.06. The molecule has 0 spiro atoms. The lowest BCUT2D eigenvalue weighted by molar-refractivity contribution is 0.0692. The standard InChI is InChI=1S/C28H21NO3/c30-26-15-24-21(20-7-3-4-8-22(20)26)12-11-16-9-10-18(13-23(16)24)25-14-17-5-1-2-6-19(17)27(29-25)28(31)32/h1-8,11-12,14-15,18,30H,9-10,13H2,(H,31,32). The zero-order valence-electron chi connectivity index (χ0n) is 17.4. The summed E-state index contributed by atoms with van der Waals surface area (Å²) in [6.07, 6.45) is 2.60. The third-order valence-corrected chi connectivity index (χ3v) is 6.82. The number of phenols is 1. The van der Waals surface area contributed by atoms with Gasteiger partial charge in [-0.15, -0.1) is 0 Å². The van der Waals surface area contributed by atoms with Crippen LogP contribution in [0.5, 0.6) is 5.75 Å². The van der Waals surface area contributed by atoms with Gasteiger partial charge in [-0.2, -0.15) is 0 Å². The lowest BCUT2D eigenvalue weighted by atomic mass is 9.79. The van der Waals surface area contributed by atoms with E-state index in [0.717, 1.165) is 51.9 Å². The number of hydrogen-bond acceptors (Lipinski definition) is 3. The predicted octanol–water partition coefficient (Wildman–Crippen LogP) is 6.22. The van der Waals surface area contributed by atoms with Gasteiger partial charge in [-0.25, -0.2) is 9.78 Å². The first-order valence-corrected chi connectivity index (χ1v) is 10.9. The Hall–Kier alpha value is -3.92. The Morgan fingerprint density at radius 1 is 0.844 bits per heavy atom. The van der Waals surface area contributed by atoms with Crippen molar-refractivity contribution in [3.8, 4) is 5.75 Å². The largest absolute Gasteiger partial charge is 0.507 e. The molecule has 1 heterocycles. The molecule has 1 aliphatic rings. The number of rotatable bonds is 2. The maximum absolute atomic E-state index is 11.9. The van der Waals surface area contributed by atoms with E-state index in [0.29, 0.717) is 11.1 Å². The van der Waals surface area contributed by atoms with Gasteiger partial charge < -0.3 is 10.2 Å². The third kappa shape index (κ3) is 2.83. The number of aromatic carboxylic acids is 1. The minimum Gasteiger partial charge on any atom is -0.507 e. The van der Waals surface area contributed by atoms with Crippen LogP contribution in [-0.2, 0) is 12.8 Å². The van der Waals surface area contributed by atoms with Gasteiger partial charge in [0.1, 0.15) is 5.75 Å². The van der Waals surface area contributed by atoms with Gasteiger partial charge in [0.2, 0.25) is 0 Å². The molecule has 0 saturated carbocycles. The fraction of sp³-hybridized carbons (Fsp3) is 0.143. The summed E-state index contributed by atoms with van der Waals surface area (Å²) in [5.41, 5.74) is 3.47. The predicted molar refractivity (Wildman–Crippen MR) is 127 cm³/mol. The van der Waals surface area contributed by atoms with Crippen molar-refractivity contribution in [2.45, 2.75) is 25.2 Å². The van der Waals surface area contributed by atoms with E-state index in [1.165, 1.54) is 11.1 Å². The van der Waals surface area contributed by atoms with Gasteiger partial charge in [-0.3, -0.25) is 0 Å². The summed E-state index contributed by atoms with van der Waals surface area (Å²) in [6, 6.07) is 23.7. The Labute approximate surface area is 184 Å². The SMILES string of the molecule is O=C(O)c1nc(C2CCc3ccc4c(cc(O)c5ccccc54)c3C2)cc2ccccc12. The minimum absolute atomic E-state index is 0.116. The summed E-state index contributed by atoms with van der Waals surface area (Å²) in [7, 11) is 0. The summed E-state index contributed by atoms with van der Waals surface area (Å²) < 4.78 is 0. The number of aryl methyl sites for hydroxylation is 1. The topological polar surface area (TPSA) is 70.4 Å². The number of hydrogen-bond donors (Lipinski definition) is 2. The van der Waals surface area contributed by atoms with Crippen molar-refractivity contribution in [2.75, 3.05) is 0 Å². The zero-order chi connectivity index (χ0) is 21.8. The summed E-state index contributed by atoms with van der Waals surface area (Å²) in [5, 5.41) is 26.1. The smallest absolute Gasteiger partial charge is 0.355 e. The Kier molecular flexibility index (Phi) is 4.15. The maximum atomic E-state index is 11.9. The van der Waals surface area contributed by atoms with Crippen molar-refractivity contribution in [3.05, 3.63) is 95.3 Å². The van der Waals surface area contributed by atoms with Crippen LogP contribution in [0.15, 0.2) is 72.8 Å². The average Bonchev–Trinajstić information content (AvgIpc) is 2.83. The fourth-order valence-electron chi connectivity index (χ4n) is 5.26. The lowest BCUT2D eigenvalue weighted by Crippen LogP contribution is -2.16. The van der Waals surface area contributed by atoms with Crippen LogP contribution in [0.4, 0.5) is 0 Å². The Bertz CT molecular complexity index is 1550. The van der Waals surface area contributed by atoms with Gasteiger partial charge in [0.05, 0.1) is 0 Å². The van der Waals surface area contributed by atoms with Crippen LogP contribution in [0.25, 0.3) is 32.3 Å². The van der Waals surface area contributed by atoms with Crippen LogP contribution in [0, 0.1) is 0 Å². The Morgan fingerprint density at radius 3 is 2.38 bits per heavy atom. The number of aromatic hydroxyl groups is 1. The Balaban J connectivity index is 1.51. The molecule has 1 aliphatic carbocycles. The third-order valence-electron chi connectivity index (χ3n) is 6.82. The van der Waals surface area contributed by atoms with E-state index in [1.807, 2.05) is 60.7 Å². The molecular weight excluding hydrogens is 398 g/mol. The van der Waals surface area contributed by atoms with Crippen molar-refractivity contribution in [2.24, 2.45) is 0 Å². The number of carboxylic acid groups (broad SMARTS) is 1. The number of fused-ring (bicyclic) bond motifs is 6. The monoisotopic (exact) mass is 419 g/mol. The summed E-state index contributed by atoms with van der Waals surface area (Å²) in [5.74, 6) is -0.578. The number of carboxylic acids is 1. The second-order valence-electron chi connectivity index (χ2n) is 8.60. The van der Waals surface area contributed by atoms with Crippen molar-refractivity contribution in [3.63, 3.8) is 0 Å². The van der Waals surface area contributed by atoms with Gasteiger partial charge in [-0.05, 0) is 64.1 Å². The summed E-state index contributed by atoms with van der Waals surface area (Å²) >= 11 is 0. The first kappa shape index (κ1) is 18.8. The average molecular weight is 419 g/mol. The van der Waals surface area contributed by atoms with E-state index in [9.17, 15) is 15.0 Å². The van der Waals surface area contributed by atoms with E-state index in [4.69, 9.17) is 0 Å². The van der Waals surface area contributed by atoms with Gasteiger partial charge in [-0.1, -0.05) is 60.7 Å². The zero-order valence-corrected chi connectivity index (χ0v) is 17.4. The maximum Gasteiger partial charge on any atom is 0.355 e. The van der Waals surface area contributed by atoms with Crippen molar-refractivity contribution >= 4 is 38.3 Å². The molecule has 2 N–H and O–H groups in total. The highest BCUT2D eigenvalue weighted by atomic mass is 16.4. The van der Waals surface area contributed by atoms with Crippen molar-refractivity contribution in [1.29, 1.82) is 0 Å². The van der Waals surface area contributed by atoms with Crippen LogP contribution in [0.3, 0.4) is 0 Å². The molecule has 156 valence electrons. The van der Waals surface area contributed by atoms with Crippen LogP contribution in [0.1, 0.15) is 39.6 Å². The Morgan fingerprint density at radius 2 is 1.56 bits per heavy atom. The summed E-state index contributed by atoms with van der Waals surface area (Å²) in [4.78, 5) is 16.5. The number of aromatic nitrogens is 1. The fourth-order valence-corrected chi connectivity index (χ4v) is 5.26. The number of pyridine rings is 1. The molecular formula is C28H21NO3. The van der Waals surface area contributed by atoms with Gasteiger partial charge in [0.25, 0.3) is 0 Å². The lowest BCUT2D eigenvalue weighted by Gasteiger charge is -2.26. The van der Waals surface area contributed by atoms with E-state index in [2.05, 4.69) is 17.1 Å². The van der Waals surface area contributed by atoms with E-state index in [-0.39, 0.29) is 11.6 Å². The van der Waals surface area contributed by atoms with Crippen LogP contribution < -0.4 is 0 Å². The molecule has 5 aromatic rings. The summed E-state index contributed by atoms with van der Waals surface area (Å²) in [6.45, 7) is 0. The number of phenolic OH excluding ortho intramolecular Hbond substituents is 1. The molecule has 4 aromatic carbocycles. The van der Waals surface area contributed by atoms with Crippen molar-refractivity contribution in [1.82, 2.24) is 4.98 Å². The number of benzene rings is 4. The quantitative estimate of drug-likeness (QED) is 0.333. The van der Waals surface area contributed by atoms with Gasteiger partial charge >= 0.3 is 5.97 Å². The highest BCUT2D eigenvalue weighted by Crippen LogP contribution is 2.41. The molecule has 1 atom stereocenters. The molecule has 0 amide bonds. The molecule has 0 aliphatic heterocycles. The van der Waals surface area contributed by atoms with Gasteiger partial charge in [0, 0.05) is 22.4 Å². The molecule has 4 heteroatoms. The molecule has 32 heavy (non-hydrogen) atoms. The molecule has 6 rings (SSSR count). The second-order valence-corrected chi connectivity index (χ2v) is 8.60. The molecule has 4 nitrogen and oxygen atoms in total. The first-order valence-electron chi connectivity index (χ1n) is 10.9. The number of carbonyl (C=O) groups is 1. The van der Waals surface area contributed by atoms with E-state index >= 15 is 0 Å². The highest BCUT2D eigenvalue weighted by molar-refractivity contribution is 6.11. The molecule has 0 saturated heterocycles. The van der Waals surface area contributed by atoms with E-state index < -0.39 is 5.97 Å². The molecule has 0 bridgehead atoms. The molecule has 0 fully saturated rings. The van der Waals surface area contributed by atoms with Crippen LogP contribution in [-0.4, -0.2) is 21.2 Å². The molecule has 1 aromatic heterocycles.